The van der Waals surface area contributed by atoms with Crippen LogP contribution in [0.4, 0.5) is 0 Å². The van der Waals surface area contributed by atoms with Gasteiger partial charge in [0.05, 0.1) is 10.8 Å². The largest absolute Gasteiger partial charge is 0.289 e. The van der Waals surface area contributed by atoms with Crippen LogP contribution < -0.4 is 10.4 Å². The molecule has 20 aromatic rings. The number of carbonyl (C=O) groups excluding carboxylic acids is 1. The Balaban J connectivity index is 0.539. The normalized spacial score (nSPS) is 21.2. The van der Waals surface area contributed by atoms with Gasteiger partial charge in [-0.15, -0.1) is 0 Å². The lowest BCUT2D eigenvalue weighted by atomic mass is 9.55. The van der Waals surface area contributed by atoms with Crippen molar-refractivity contribution in [1.29, 1.82) is 0 Å². The quantitative estimate of drug-likeness (QED) is 0.115. The zero-order valence-corrected chi connectivity index (χ0v) is 65.2. The highest BCUT2D eigenvalue weighted by Gasteiger charge is 2.57. The zero-order valence-electron chi connectivity index (χ0n) is 65.2. The number of hydrogen-bond donors (Lipinski definition) is 0. The van der Waals surface area contributed by atoms with Crippen molar-refractivity contribution >= 4 is 114 Å². The van der Waals surface area contributed by atoms with Crippen LogP contribution >= 0.6 is 0 Å². The van der Waals surface area contributed by atoms with Gasteiger partial charge in [0.25, 0.3) is 0 Å². The van der Waals surface area contributed by atoms with E-state index in [1.54, 1.807) is 147 Å². The average Bonchev–Trinajstić information content (AvgIpc) is 1.43. The first-order valence-electron chi connectivity index (χ1n) is 43.5. The number of carbonyl (C=O) groups is 1. The predicted molar refractivity (Wildman–Crippen MR) is 473 cm³/mol. The first kappa shape index (κ1) is 59.4. The highest BCUT2D eigenvalue weighted by atomic mass is 16.1. The highest BCUT2D eigenvalue weighted by molar-refractivity contribution is 6.60. The van der Waals surface area contributed by atoms with Crippen LogP contribution in [0.25, 0.3) is 153 Å². The molecule has 0 heterocycles. The molecule has 0 saturated heterocycles. The number of benzene rings is 15. The van der Waals surface area contributed by atoms with E-state index in [-0.39, 0.29) is 16.6 Å². The summed E-state index contributed by atoms with van der Waals surface area (Å²) in [6, 6.07) is 81.2. The van der Waals surface area contributed by atoms with Gasteiger partial charge >= 0.3 is 0 Å². The number of aryl methyl sites for hydroxylation is 8. The molecule has 0 bridgehead atoms. The van der Waals surface area contributed by atoms with E-state index in [0.717, 1.165) is 62.5 Å². The van der Waals surface area contributed by atoms with Gasteiger partial charge in [-0.1, -0.05) is 213 Å². The monoisotopic (exact) mass is 1470 g/mol. The Labute approximate surface area is 669 Å². The van der Waals surface area contributed by atoms with Crippen LogP contribution in [0.5, 0.6) is 0 Å². The third-order valence-corrected chi connectivity index (χ3v) is 34.6. The summed E-state index contributed by atoms with van der Waals surface area (Å²) in [5.74, 6) is 0.945. The second-order valence-electron chi connectivity index (χ2n) is 39.6. The Bertz CT molecular complexity index is 8550. The molecule has 0 saturated carbocycles. The second-order valence-corrected chi connectivity index (χ2v) is 39.6. The van der Waals surface area contributed by atoms with Gasteiger partial charge in [-0.05, 0) is 412 Å². The summed E-state index contributed by atoms with van der Waals surface area (Å²) >= 11 is 0. The molecular weight excluding hydrogens is 1400 g/mol. The lowest BCUT2D eigenvalue weighted by Crippen LogP contribution is -2.42. The summed E-state index contributed by atoms with van der Waals surface area (Å²) in [4.78, 5) is 16.3. The molecule has 116 heavy (non-hydrogen) atoms. The lowest BCUT2D eigenvalue weighted by molar-refractivity contribution is 0.103. The lowest BCUT2D eigenvalue weighted by Gasteiger charge is -2.47. The van der Waals surface area contributed by atoms with Crippen molar-refractivity contribution in [3.63, 3.8) is 0 Å². The molecule has 0 fully saturated rings. The van der Waals surface area contributed by atoms with Crippen LogP contribution in [0.2, 0.25) is 0 Å². The van der Waals surface area contributed by atoms with Gasteiger partial charge in [0, 0.05) is 27.9 Å². The maximum Gasteiger partial charge on any atom is 0.193 e. The molecule has 4 unspecified atom stereocenters. The van der Waals surface area contributed by atoms with Gasteiger partial charge in [0.1, 0.15) is 0 Å². The molecule has 1 heteroatoms. The summed E-state index contributed by atoms with van der Waals surface area (Å²) in [5.41, 5.74) is 50.6. The van der Waals surface area contributed by atoms with Crippen molar-refractivity contribution in [2.24, 2.45) is 0 Å². The maximum absolute atomic E-state index is 16.3. The molecule has 13 aliphatic rings. The molecule has 0 radical (unpaired) electrons. The van der Waals surface area contributed by atoms with Crippen LogP contribution in [0.3, 0.4) is 0 Å². The van der Waals surface area contributed by atoms with Gasteiger partial charge in [-0.2, -0.15) is 0 Å². The van der Waals surface area contributed by atoms with Crippen molar-refractivity contribution in [3.8, 4) is 44.5 Å². The summed E-state index contributed by atoms with van der Waals surface area (Å²) in [7, 11) is 0. The van der Waals surface area contributed by atoms with Crippen LogP contribution in [0, 0.1) is 13.8 Å². The van der Waals surface area contributed by atoms with Crippen LogP contribution in [0.15, 0.2) is 200 Å². The molecular formula is C115H72O. The molecule has 0 amide bonds. The number of ketones is 1. The molecule has 0 aliphatic heterocycles. The van der Waals surface area contributed by atoms with E-state index in [0.29, 0.717) is 11.8 Å². The fourth-order valence-electron chi connectivity index (χ4n) is 29.8. The molecule has 13 aliphatic carbocycles. The van der Waals surface area contributed by atoms with Crippen molar-refractivity contribution in [2.75, 3.05) is 0 Å². The Morgan fingerprint density at radius 3 is 1.41 bits per heavy atom. The fraction of sp³-hybridized carbons (Fsp3) is 0.191. The van der Waals surface area contributed by atoms with E-state index >= 15 is 4.79 Å². The van der Waals surface area contributed by atoms with Crippen LogP contribution in [0.1, 0.15) is 198 Å². The third kappa shape index (κ3) is 6.00. The molecule has 1 spiro atoms. The topological polar surface area (TPSA) is 17.1 Å². The summed E-state index contributed by atoms with van der Waals surface area (Å²) < 4.78 is 0. The van der Waals surface area contributed by atoms with Gasteiger partial charge in [0.2, 0.25) is 0 Å². The third-order valence-electron chi connectivity index (χ3n) is 34.6. The minimum atomic E-state index is -0.712. The van der Waals surface area contributed by atoms with Crippen molar-refractivity contribution in [1.82, 2.24) is 0 Å². The number of fused-ring (bicyclic) bond motifs is 14. The Hall–Kier alpha value is -12.3. The summed E-state index contributed by atoms with van der Waals surface area (Å²) in [5, 5.41) is 32.5. The fourth-order valence-corrected chi connectivity index (χ4v) is 29.8. The SMILES string of the molecule is Cc1ccc2c(c1)C(c1ccc3c(c1)CC3)(c1ccc3c(c1)CC14C=c5cc6c7c5c5c1c1c8c(cc9c8c8c%10c(cc%11c%12c%13c%14c(c7c7c%14c(c%12%10)c8c1c57)=C(C6)CC%13C%11)C9)C4C3)c1cc(C(=O)c3ccc4c(c3)C(C)(C)c3cc(-c5ccc6c(c5)C(c5ccc7c(c5)CC7)(c5ccc7c(c5)CC7)c5cc(C)ccc5-6)ccc3-4)ccc1-2. The first-order chi connectivity index (χ1) is 56.9. The van der Waals surface area contributed by atoms with E-state index in [1.807, 2.05) is 0 Å². The Morgan fingerprint density at radius 1 is 0.328 bits per heavy atom. The minimum absolute atomic E-state index is 0.0690. The van der Waals surface area contributed by atoms with Crippen LogP contribution in [-0.2, 0) is 92.3 Å². The number of hydrogen-bond acceptors (Lipinski definition) is 1. The molecule has 20 aromatic carbocycles. The van der Waals surface area contributed by atoms with E-state index in [2.05, 4.69) is 234 Å². The van der Waals surface area contributed by atoms with E-state index in [1.165, 1.54) is 187 Å². The molecule has 33 rings (SSSR count). The zero-order chi connectivity index (χ0) is 74.7. The molecule has 4 atom stereocenters. The summed E-state index contributed by atoms with van der Waals surface area (Å²) in [6.07, 6.45) is 16.2. The molecule has 0 aromatic heterocycles. The summed E-state index contributed by atoms with van der Waals surface area (Å²) in [6.45, 7) is 9.33. The first-order valence-corrected chi connectivity index (χ1v) is 43.5. The van der Waals surface area contributed by atoms with E-state index in [9.17, 15) is 0 Å². The van der Waals surface area contributed by atoms with Crippen molar-refractivity contribution in [2.45, 2.75) is 138 Å². The van der Waals surface area contributed by atoms with Crippen molar-refractivity contribution < 1.29 is 4.79 Å². The maximum atomic E-state index is 16.3. The van der Waals surface area contributed by atoms with E-state index in [4.69, 9.17) is 0 Å². The van der Waals surface area contributed by atoms with E-state index < -0.39 is 10.8 Å². The standard InChI is InChI=1S/C115H72O/c1-51-5-25-78-80-28-18-60(46-88(80)114(86(78)31-51,72-21-13-53-7-10-56(53)39-72)73-22-14-54-8-11-57(54)40-73)59-17-27-76-77-29-19-62(47-84(77)112(3,4)83(76)44-59)111(116)63-20-30-81-79-26-6-52(2)32-87(79)115(89(81)48-63,74-23-15-55-9-12-58(55)41-74)75-24-16-61-45-85-82-43-69-37-67-35-65-33-64-34-66-36-68-38-71-50-113(85,49-70(61)42-75)110-108-96(71)92(68)100-94(66)98-90(64)91(65)99-95(67)101-93(69)97(82)109(110)107-105(101)103(99)102(98)104(100)106(107)108/h5-6,13-32,35,38-44,46-48,50,64,85H,7-12,33-34,36-37,45,49H2,1-4H3. The van der Waals surface area contributed by atoms with Gasteiger partial charge in [0.15, 0.2) is 5.78 Å². The average molecular weight is 1470 g/mol. The van der Waals surface area contributed by atoms with Gasteiger partial charge in [-0.25, -0.2) is 0 Å². The van der Waals surface area contributed by atoms with Gasteiger partial charge < -0.3 is 0 Å². The van der Waals surface area contributed by atoms with Crippen LogP contribution in [-0.4, -0.2) is 5.78 Å². The second kappa shape index (κ2) is 18.3. The Kier molecular flexibility index (Phi) is 9.39. The predicted octanol–water partition coefficient (Wildman–Crippen LogP) is 24.1. The molecule has 538 valence electrons. The molecule has 0 N–H and O–H groups in total. The Morgan fingerprint density at radius 2 is 0.793 bits per heavy atom. The number of rotatable bonds is 7. The van der Waals surface area contributed by atoms with Gasteiger partial charge in [-0.3, -0.25) is 4.79 Å². The smallest absolute Gasteiger partial charge is 0.193 e. The minimum Gasteiger partial charge on any atom is -0.289 e. The highest BCUT2D eigenvalue weighted by Crippen LogP contribution is 2.72. The van der Waals surface area contributed by atoms with Crippen molar-refractivity contribution in [3.05, 3.63) is 372 Å². The molecule has 1 nitrogen and oxygen atoms in total.